The summed E-state index contributed by atoms with van der Waals surface area (Å²) in [7, 11) is 0. The van der Waals surface area contributed by atoms with E-state index in [4.69, 9.17) is 0 Å². The smallest absolute Gasteiger partial charge is 0.276 e. The Kier molecular flexibility index (Phi) is 6.90. The third kappa shape index (κ3) is 4.90. The van der Waals surface area contributed by atoms with Crippen molar-refractivity contribution in [1.82, 2.24) is 24.8 Å². The first-order valence-corrected chi connectivity index (χ1v) is 10.9. The quantitative estimate of drug-likeness (QED) is 0.682. The zero-order chi connectivity index (χ0) is 19.2. The molecule has 1 aromatic carbocycles. The maximum atomic E-state index is 12.5. The number of nitrogens with zero attached hydrogens (tertiary/aromatic N) is 5. The number of hydrogen-bond acceptors (Lipinski definition) is 5. The second-order valence-corrected chi connectivity index (χ2v) is 7.82. The first-order chi connectivity index (χ1) is 13.1. The third-order valence-corrected chi connectivity index (χ3v) is 5.94. The molecule has 1 aliphatic heterocycles. The van der Waals surface area contributed by atoms with Gasteiger partial charge in [0.15, 0.2) is 5.69 Å². The molecule has 7 heteroatoms. The van der Waals surface area contributed by atoms with Crippen LogP contribution in [0, 0.1) is 0 Å². The van der Waals surface area contributed by atoms with Crippen LogP contribution < -0.4 is 0 Å². The monoisotopic (exact) mass is 387 g/mol. The van der Waals surface area contributed by atoms with Crippen molar-refractivity contribution in [2.75, 3.05) is 32.4 Å². The van der Waals surface area contributed by atoms with Crippen molar-refractivity contribution in [3.05, 3.63) is 41.7 Å². The van der Waals surface area contributed by atoms with Crippen LogP contribution in [0.25, 0.3) is 0 Å². The summed E-state index contributed by atoms with van der Waals surface area (Å²) in [5.41, 5.74) is 1.79. The Morgan fingerprint density at radius 3 is 2.67 bits per heavy atom. The van der Waals surface area contributed by atoms with Crippen LogP contribution in [-0.4, -0.2) is 63.1 Å². The minimum atomic E-state index is -0.0344. The van der Waals surface area contributed by atoms with Gasteiger partial charge in [-0.1, -0.05) is 17.3 Å². The minimum Gasteiger partial charge on any atom is -0.338 e. The molecule has 1 saturated heterocycles. The molecule has 0 unspecified atom stereocenters. The van der Waals surface area contributed by atoms with E-state index in [1.54, 1.807) is 16.7 Å². The summed E-state index contributed by atoms with van der Waals surface area (Å²) in [6.45, 7) is 8.33. The number of carbonyl (C=O) groups excluding carboxylic acids is 1. The average Bonchev–Trinajstić information content (AvgIpc) is 3.20. The molecule has 146 valence electrons. The van der Waals surface area contributed by atoms with Gasteiger partial charge in [-0.15, -0.1) is 16.9 Å². The van der Waals surface area contributed by atoms with E-state index in [1.807, 2.05) is 24.7 Å². The Hall–Kier alpha value is -1.86. The van der Waals surface area contributed by atoms with E-state index in [2.05, 4.69) is 45.7 Å². The van der Waals surface area contributed by atoms with Gasteiger partial charge in [0.05, 0.1) is 12.2 Å². The van der Waals surface area contributed by atoms with Crippen LogP contribution in [0.3, 0.4) is 0 Å². The van der Waals surface area contributed by atoms with E-state index < -0.39 is 0 Å². The van der Waals surface area contributed by atoms with Crippen molar-refractivity contribution in [2.45, 2.75) is 44.2 Å². The van der Waals surface area contributed by atoms with E-state index in [-0.39, 0.29) is 11.9 Å². The second-order valence-electron chi connectivity index (χ2n) is 6.94. The second kappa shape index (κ2) is 9.37. The molecule has 1 aliphatic rings. The van der Waals surface area contributed by atoms with Crippen molar-refractivity contribution in [3.63, 3.8) is 0 Å². The highest BCUT2D eigenvalue weighted by Crippen LogP contribution is 2.23. The molecule has 3 rings (SSSR count). The van der Waals surface area contributed by atoms with Crippen LogP contribution in [0.1, 0.15) is 48.8 Å². The van der Waals surface area contributed by atoms with Crippen LogP contribution in [0.15, 0.2) is 35.4 Å². The molecule has 0 N–H and O–H groups in total. The molecule has 27 heavy (non-hydrogen) atoms. The molecule has 1 fully saturated rings. The first-order valence-electron chi connectivity index (χ1n) is 9.71. The summed E-state index contributed by atoms with van der Waals surface area (Å²) < 4.78 is 1.89. The van der Waals surface area contributed by atoms with Crippen molar-refractivity contribution in [3.8, 4) is 0 Å². The van der Waals surface area contributed by atoms with E-state index in [0.29, 0.717) is 18.8 Å². The lowest BCUT2D eigenvalue weighted by molar-refractivity contribution is 0.0767. The molecular weight excluding hydrogens is 358 g/mol. The number of benzene rings is 1. The zero-order valence-electron chi connectivity index (χ0n) is 16.5. The molecule has 0 bridgehead atoms. The van der Waals surface area contributed by atoms with Crippen molar-refractivity contribution in [1.29, 1.82) is 0 Å². The van der Waals surface area contributed by atoms with Crippen LogP contribution in [0.2, 0.25) is 0 Å². The summed E-state index contributed by atoms with van der Waals surface area (Å²) in [5.74, 6) is -0.0344. The molecule has 6 nitrogen and oxygen atoms in total. The summed E-state index contributed by atoms with van der Waals surface area (Å²) in [5, 5.41) is 8.40. The molecule has 1 aromatic heterocycles. The number of aromatic nitrogens is 3. The molecule has 2 aromatic rings. The SMILES string of the molecule is CCN(CC)C(=O)c1cn([C@@H]2CCCN(Cc3ccc(SC)cc3)C2)nn1. The fourth-order valence-corrected chi connectivity index (χ4v) is 4.01. The Bertz CT molecular complexity index is 741. The van der Waals surface area contributed by atoms with E-state index >= 15 is 0 Å². The van der Waals surface area contributed by atoms with Gasteiger partial charge in [0, 0.05) is 31.1 Å². The molecule has 0 radical (unpaired) electrons. The molecule has 0 spiro atoms. The van der Waals surface area contributed by atoms with Gasteiger partial charge < -0.3 is 4.90 Å². The van der Waals surface area contributed by atoms with Gasteiger partial charge in [-0.05, 0) is 57.2 Å². The lowest BCUT2D eigenvalue weighted by atomic mass is 10.0. The van der Waals surface area contributed by atoms with Crippen LogP contribution in [0.5, 0.6) is 0 Å². The highest BCUT2D eigenvalue weighted by molar-refractivity contribution is 7.98. The predicted octanol–water partition coefficient (Wildman–Crippen LogP) is 3.32. The number of rotatable bonds is 7. The Morgan fingerprint density at radius 2 is 2.00 bits per heavy atom. The summed E-state index contributed by atoms with van der Waals surface area (Å²) in [6.07, 6.45) is 6.13. The topological polar surface area (TPSA) is 54.3 Å². The number of thioether (sulfide) groups is 1. The van der Waals surface area contributed by atoms with Crippen LogP contribution in [0.4, 0.5) is 0 Å². The molecule has 0 saturated carbocycles. The van der Waals surface area contributed by atoms with E-state index in [0.717, 1.165) is 32.5 Å². The third-order valence-electron chi connectivity index (χ3n) is 5.20. The first kappa shape index (κ1) is 19.9. The van der Waals surface area contributed by atoms with Crippen molar-refractivity contribution >= 4 is 17.7 Å². The molecule has 2 heterocycles. The highest BCUT2D eigenvalue weighted by atomic mass is 32.2. The maximum absolute atomic E-state index is 12.5. The number of amides is 1. The zero-order valence-corrected chi connectivity index (χ0v) is 17.3. The Morgan fingerprint density at radius 1 is 1.26 bits per heavy atom. The van der Waals surface area contributed by atoms with Gasteiger partial charge >= 0.3 is 0 Å². The maximum Gasteiger partial charge on any atom is 0.276 e. The van der Waals surface area contributed by atoms with E-state index in [1.165, 1.54) is 10.5 Å². The average molecular weight is 388 g/mol. The normalized spacial score (nSPS) is 17.8. The lowest BCUT2D eigenvalue weighted by Crippen LogP contribution is -2.36. The standard InChI is InChI=1S/C20H29N5OS/c1-4-24(5-2)20(26)19-15-25(22-21-19)17-7-6-12-23(14-17)13-16-8-10-18(27-3)11-9-16/h8-11,15,17H,4-7,12-14H2,1-3H3/t17-/m1/s1. The minimum absolute atomic E-state index is 0.0344. The fraction of sp³-hybridized carbons (Fsp3) is 0.550. The molecule has 1 amide bonds. The Labute approximate surface area is 165 Å². The fourth-order valence-electron chi connectivity index (χ4n) is 3.61. The van der Waals surface area contributed by atoms with E-state index in [9.17, 15) is 4.79 Å². The largest absolute Gasteiger partial charge is 0.338 e. The summed E-state index contributed by atoms with van der Waals surface area (Å²) in [4.78, 5) is 18.0. The molecule has 1 atom stereocenters. The molecule has 0 aliphatic carbocycles. The number of piperidine rings is 1. The summed E-state index contributed by atoms with van der Waals surface area (Å²) >= 11 is 1.77. The van der Waals surface area contributed by atoms with Gasteiger partial charge in [0.25, 0.3) is 5.91 Å². The predicted molar refractivity (Wildman–Crippen MR) is 109 cm³/mol. The number of carbonyl (C=O) groups is 1. The summed E-state index contributed by atoms with van der Waals surface area (Å²) in [6, 6.07) is 9.07. The lowest BCUT2D eigenvalue weighted by Gasteiger charge is -2.32. The molecular formula is C20H29N5OS. The van der Waals surface area contributed by atoms with Gasteiger partial charge in [-0.2, -0.15) is 0 Å². The van der Waals surface area contributed by atoms with Gasteiger partial charge in [-0.3, -0.25) is 9.69 Å². The Balaban J connectivity index is 1.63. The highest BCUT2D eigenvalue weighted by Gasteiger charge is 2.24. The van der Waals surface area contributed by atoms with Crippen LogP contribution in [-0.2, 0) is 6.54 Å². The van der Waals surface area contributed by atoms with Gasteiger partial charge in [0.2, 0.25) is 0 Å². The van der Waals surface area contributed by atoms with Crippen molar-refractivity contribution in [2.24, 2.45) is 0 Å². The number of hydrogen-bond donors (Lipinski definition) is 0. The number of likely N-dealkylation sites (tertiary alicyclic amines) is 1. The van der Waals surface area contributed by atoms with Gasteiger partial charge in [0.1, 0.15) is 0 Å². The van der Waals surface area contributed by atoms with Crippen molar-refractivity contribution < 1.29 is 4.79 Å². The van der Waals surface area contributed by atoms with Gasteiger partial charge in [-0.25, -0.2) is 4.68 Å². The van der Waals surface area contributed by atoms with Crippen LogP contribution >= 0.6 is 11.8 Å².